The van der Waals surface area contributed by atoms with Crippen molar-refractivity contribution in [3.05, 3.63) is 12.2 Å². The van der Waals surface area contributed by atoms with Crippen LogP contribution in [-0.4, -0.2) is 47.7 Å². The Balaban J connectivity index is 0. The Morgan fingerprint density at radius 3 is 2.07 bits per heavy atom. The maximum absolute atomic E-state index is 10.6. The van der Waals surface area contributed by atoms with Crippen LogP contribution >= 0.6 is 0 Å². The minimum absolute atomic E-state index is 0.125. The second-order valence-corrected chi connectivity index (χ2v) is 2.60. The molecule has 0 spiro atoms. The lowest BCUT2D eigenvalue weighted by atomic mass is 10.1. The highest BCUT2D eigenvalue weighted by Gasteiger charge is 2.08. The predicted octanol–water partition coefficient (Wildman–Crippen LogP) is -0.543. The lowest BCUT2D eigenvalue weighted by Gasteiger charge is -2.04. The van der Waals surface area contributed by atoms with Crippen molar-refractivity contribution in [3.8, 4) is 0 Å². The lowest BCUT2D eigenvalue weighted by molar-refractivity contribution is -0.136. The van der Waals surface area contributed by atoms with Gasteiger partial charge in [0.1, 0.15) is 0 Å². The van der Waals surface area contributed by atoms with Gasteiger partial charge in [0.2, 0.25) is 0 Å². The van der Waals surface area contributed by atoms with Gasteiger partial charge in [0.15, 0.2) is 0 Å². The van der Waals surface area contributed by atoms with Crippen LogP contribution in [0.25, 0.3) is 0 Å². The summed E-state index contributed by atoms with van der Waals surface area (Å²) in [5, 5.41) is 24.0. The van der Waals surface area contributed by atoms with Crippen molar-refractivity contribution in [1.29, 1.82) is 0 Å². The zero-order valence-electron chi connectivity index (χ0n) is 8.56. The fraction of sp³-hybridized carbons (Fsp3) is 0.667. The van der Waals surface area contributed by atoms with Crippen LogP contribution in [0, 0.1) is 0 Å². The molecule has 0 bridgehead atoms. The molecule has 5 heteroatoms. The first kappa shape index (κ1) is 15.6. The van der Waals surface area contributed by atoms with Crippen molar-refractivity contribution in [2.45, 2.75) is 19.4 Å². The molecule has 0 heterocycles. The van der Waals surface area contributed by atoms with Gasteiger partial charge < -0.3 is 20.1 Å². The molecule has 0 aliphatic carbocycles. The fourth-order valence-electron chi connectivity index (χ4n) is 0.584. The van der Waals surface area contributed by atoms with E-state index in [4.69, 9.17) is 15.3 Å². The van der Waals surface area contributed by atoms with Crippen LogP contribution in [0.4, 0.5) is 0 Å². The second kappa shape index (κ2) is 10.2. The highest BCUT2D eigenvalue weighted by atomic mass is 16.5. The minimum Gasteiger partial charge on any atom is -0.466 e. The van der Waals surface area contributed by atoms with E-state index >= 15 is 0 Å². The molecule has 0 aromatic heterocycles. The molecule has 84 valence electrons. The molecule has 0 saturated carbocycles. The molecule has 0 saturated heterocycles. The number of carbonyl (C=O) groups is 1. The Hall–Kier alpha value is -0.910. The summed E-state index contributed by atoms with van der Waals surface area (Å²) in [6.45, 7) is 4.77. The summed E-state index contributed by atoms with van der Waals surface area (Å²) < 4.78 is 4.36. The zero-order chi connectivity index (χ0) is 11.6. The molecule has 0 aromatic rings. The average molecular weight is 206 g/mol. The number of rotatable bonds is 4. The number of esters is 1. The van der Waals surface area contributed by atoms with E-state index in [2.05, 4.69) is 11.3 Å². The van der Waals surface area contributed by atoms with Gasteiger partial charge in [0.25, 0.3) is 0 Å². The van der Waals surface area contributed by atoms with Crippen molar-refractivity contribution in [1.82, 2.24) is 0 Å². The summed E-state index contributed by atoms with van der Waals surface area (Å²) in [6, 6.07) is 0. The molecule has 0 aliphatic heterocycles. The van der Waals surface area contributed by atoms with E-state index in [0.717, 1.165) is 0 Å². The Kier molecular flexibility index (Phi) is 11.3. The molecule has 0 radical (unpaired) electrons. The van der Waals surface area contributed by atoms with Crippen LogP contribution < -0.4 is 0 Å². The summed E-state index contributed by atoms with van der Waals surface area (Å²) in [7, 11) is 1.29. The fourth-order valence-corrected chi connectivity index (χ4v) is 0.584. The molecule has 5 nitrogen and oxygen atoms in total. The van der Waals surface area contributed by atoms with Crippen molar-refractivity contribution in [3.63, 3.8) is 0 Å². The predicted molar refractivity (Wildman–Crippen MR) is 51.6 cm³/mol. The summed E-state index contributed by atoms with van der Waals surface area (Å²) >= 11 is 0. The normalized spacial score (nSPS) is 10.9. The second-order valence-electron chi connectivity index (χ2n) is 2.60. The van der Waals surface area contributed by atoms with Crippen LogP contribution in [0.5, 0.6) is 0 Å². The molecular weight excluding hydrogens is 188 g/mol. The molecule has 3 N–H and O–H groups in total. The highest BCUT2D eigenvalue weighted by Crippen LogP contribution is 2.03. The molecule has 0 amide bonds. The summed E-state index contributed by atoms with van der Waals surface area (Å²) in [5.74, 6) is -0.458. The van der Waals surface area contributed by atoms with Gasteiger partial charge in [-0.05, 0) is 6.92 Å². The highest BCUT2D eigenvalue weighted by molar-refractivity contribution is 5.87. The van der Waals surface area contributed by atoms with E-state index in [0.29, 0.717) is 5.57 Å². The first-order valence-corrected chi connectivity index (χ1v) is 4.15. The number of hydrogen-bond donors (Lipinski definition) is 3. The average Bonchev–Trinajstić information content (AvgIpc) is 2.16. The molecule has 1 unspecified atom stereocenters. The standard InChI is InChI=1S/C7H12O3.C2H6O2/c1-5(4-6(2)8)7(9)10-3;3-1-2-4/h6,8H,1,4H2,2-3H3;3-4H,1-2H2. The molecular formula is C9H18O5. The SMILES string of the molecule is C=C(CC(C)O)C(=O)OC.OCCO. The number of hydrogen-bond acceptors (Lipinski definition) is 5. The Morgan fingerprint density at radius 1 is 1.43 bits per heavy atom. The number of ether oxygens (including phenoxy) is 1. The van der Waals surface area contributed by atoms with E-state index in [-0.39, 0.29) is 19.6 Å². The van der Waals surface area contributed by atoms with E-state index in [1.165, 1.54) is 7.11 Å². The summed E-state index contributed by atoms with van der Waals surface area (Å²) in [6.07, 6.45) is -0.265. The van der Waals surface area contributed by atoms with Gasteiger partial charge in [0, 0.05) is 12.0 Å². The third kappa shape index (κ3) is 11.1. The maximum atomic E-state index is 10.6. The van der Waals surface area contributed by atoms with Crippen LogP contribution in [0.15, 0.2) is 12.2 Å². The first-order valence-electron chi connectivity index (χ1n) is 4.15. The quantitative estimate of drug-likeness (QED) is 0.424. The first-order chi connectivity index (χ1) is 6.49. The van der Waals surface area contributed by atoms with Gasteiger partial charge in [-0.2, -0.15) is 0 Å². The monoisotopic (exact) mass is 206 g/mol. The van der Waals surface area contributed by atoms with E-state index in [9.17, 15) is 4.79 Å². The lowest BCUT2D eigenvalue weighted by Crippen LogP contribution is -2.09. The topological polar surface area (TPSA) is 87.0 Å². The Labute approximate surface area is 83.6 Å². The summed E-state index contributed by atoms with van der Waals surface area (Å²) in [4.78, 5) is 10.6. The maximum Gasteiger partial charge on any atom is 0.333 e. The third-order valence-corrected chi connectivity index (χ3v) is 1.12. The van der Waals surface area contributed by atoms with Gasteiger partial charge in [0.05, 0.1) is 26.4 Å². The van der Waals surface area contributed by atoms with Crippen LogP contribution in [0.3, 0.4) is 0 Å². The van der Waals surface area contributed by atoms with Crippen LogP contribution in [0.1, 0.15) is 13.3 Å². The van der Waals surface area contributed by atoms with Gasteiger partial charge in [-0.25, -0.2) is 4.79 Å². The zero-order valence-corrected chi connectivity index (χ0v) is 8.56. The van der Waals surface area contributed by atoms with Crippen LogP contribution in [0.2, 0.25) is 0 Å². The largest absolute Gasteiger partial charge is 0.466 e. The van der Waals surface area contributed by atoms with Gasteiger partial charge >= 0.3 is 5.97 Å². The third-order valence-electron chi connectivity index (χ3n) is 1.12. The number of aliphatic hydroxyl groups excluding tert-OH is 3. The van der Waals surface area contributed by atoms with Crippen molar-refractivity contribution in [2.75, 3.05) is 20.3 Å². The number of methoxy groups -OCH3 is 1. The molecule has 0 aromatic carbocycles. The van der Waals surface area contributed by atoms with E-state index in [1.807, 2.05) is 0 Å². The molecule has 0 aliphatic rings. The van der Waals surface area contributed by atoms with E-state index in [1.54, 1.807) is 6.92 Å². The van der Waals surface area contributed by atoms with E-state index < -0.39 is 12.1 Å². The van der Waals surface area contributed by atoms with Gasteiger partial charge in [-0.1, -0.05) is 6.58 Å². The molecule has 14 heavy (non-hydrogen) atoms. The van der Waals surface area contributed by atoms with Crippen LogP contribution in [-0.2, 0) is 9.53 Å². The smallest absolute Gasteiger partial charge is 0.333 e. The van der Waals surface area contributed by atoms with Gasteiger partial charge in [-0.3, -0.25) is 0 Å². The van der Waals surface area contributed by atoms with Crippen molar-refractivity contribution >= 4 is 5.97 Å². The minimum atomic E-state index is -0.536. The Bertz CT molecular complexity index is 163. The Morgan fingerprint density at radius 2 is 1.86 bits per heavy atom. The summed E-state index contributed by atoms with van der Waals surface area (Å²) in [5.41, 5.74) is 0.303. The van der Waals surface area contributed by atoms with Crippen molar-refractivity contribution in [2.24, 2.45) is 0 Å². The number of carbonyl (C=O) groups excluding carboxylic acids is 1. The molecule has 1 atom stereocenters. The van der Waals surface area contributed by atoms with Crippen molar-refractivity contribution < 1.29 is 24.9 Å². The number of aliphatic hydroxyl groups is 3. The molecule has 0 fully saturated rings. The molecule has 0 rings (SSSR count). The van der Waals surface area contributed by atoms with Gasteiger partial charge in [-0.15, -0.1) is 0 Å².